The van der Waals surface area contributed by atoms with Crippen molar-refractivity contribution >= 4 is 27.5 Å². The molecular weight excluding hydrogens is 330 g/mol. The van der Waals surface area contributed by atoms with Crippen LogP contribution in [-0.4, -0.2) is 17.3 Å². The van der Waals surface area contributed by atoms with E-state index in [2.05, 4.69) is 22.0 Å². The highest BCUT2D eigenvalue weighted by molar-refractivity contribution is 9.10. The van der Waals surface area contributed by atoms with E-state index in [1.165, 1.54) is 0 Å². The maximum atomic E-state index is 10.7. The Kier molecular flexibility index (Phi) is 3.34. The zero-order chi connectivity index (χ0) is 13.6. The van der Waals surface area contributed by atoms with Crippen molar-refractivity contribution in [2.24, 2.45) is 5.41 Å². The lowest BCUT2D eigenvalue weighted by Crippen LogP contribution is -2.37. The first-order chi connectivity index (χ1) is 9.06. The molecular formula is C14H13BrClNO2. The smallest absolute Gasteiger partial charge is 0.116 e. The zero-order valence-electron chi connectivity index (χ0n) is 10.1. The average molecular weight is 343 g/mol. The number of aliphatic hydroxyl groups excluding tert-OH is 1. The van der Waals surface area contributed by atoms with Crippen LogP contribution in [0.3, 0.4) is 0 Å². The van der Waals surface area contributed by atoms with Gasteiger partial charge >= 0.3 is 0 Å². The lowest BCUT2D eigenvalue weighted by Gasteiger charge is -2.33. The van der Waals surface area contributed by atoms with Crippen molar-refractivity contribution in [3.05, 3.63) is 33.3 Å². The molecule has 4 unspecified atom stereocenters. The fraction of sp³-hybridized carbons (Fsp3) is 0.500. The maximum Gasteiger partial charge on any atom is 0.116 e. The van der Waals surface area contributed by atoms with E-state index in [0.717, 1.165) is 17.3 Å². The van der Waals surface area contributed by atoms with E-state index in [0.29, 0.717) is 17.0 Å². The van der Waals surface area contributed by atoms with Crippen LogP contribution in [0.2, 0.25) is 5.02 Å². The van der Waals surface area contributed by atoms with Crippen molar-refractivity contribution in [1.29, 1.82) is 5.26 Å². The minimum Gasteiger partial charge on any atom is -0.387 e. The Labute approximate surface area is 125 Å². The first-order valence-electron chi connectivity index (χ1n) is 6.26. The van der Waals surface area contributed by atoms with E-state index < -0.39 is 11.5 Å². The van der Waals surface area contributed by atoms with E-state index in [-0.39, 0.29) is 12.2 Å². The Balaban J connectivity index is 1.99. The Morgan fingerprint density at radius 1 is 1.53 bits per heavy atom. The SMILES string of the molecule is N#CC1(C(O)c2ccc(Cl)cc2Br)CC2CCC1O2. The first-order valence-corrected chi connectivity index (χ1v) is 7.43. The number of benzene rings is 1. The van der Waals surface area contributed by atoms with Crippen molar-refractivity contribution in [3.8, 4) is 6.07 Å². The molecule has 1 N–H and O–H groups in total. The van der Waals surface area contributed by atoms with Crippen molar-refractivity contribution in [1.82, 2.24) is 0 Å². The van der Waals surface area contributed by atoms with E-state index in [4.69, 9.17) is 16.3 Å². The quantitative estimate of drug-likeness (QED) is 0.893. The van der Waals surface area contributed by atoms with Gasteiger partial charge in [0.25, 0.3) is 0 Å². The van der Waals surface area contributed by atoms with Gasteiger partial charge in [-0.2, -0.15) is 5.26 Å². The normalized spacial score (nSPS) is 34.2. The summed E-state index contributed by atoms with van der Waals surface area (Å²) in [5.41, 5.74) is -0.138. The Hall–Kier alpha value is -0.600. The van der Waals surface area contributed by atoms with Gasteiger partial charge < -0.3 is 9.84 Å². The molecule has 2 fully saturated rings. The molecule has 19 heavy (non-hydrogen) atoms. The maximum absolute atomic E-state index is 10.7. The van der Waals surface area contributed by atoms with Crippen LogP contribution >= 0.6 is 27.5 Å². The zero-order valence-corrected chi connectivity index (χ0v) is 12.5. The fourth-order valence-electron chi connectivity index (χ4n) is 3.21. The molecule has 1 aromatic carbocycles. The van der Waals surface area contributed by atoms with Gasteiger partial charge in [0.1, 0.15) is 11.5 Å². The molecule has 2 heterocycles. The minimum atomic E-state index is -0.862. The van der Waals surface area contributed by atoms with Gasteiger partial charge in [-0.1, -0.05) is 33.6 Å². The Morgan fingerprint density at radius 3 is 2.84 bits per heavy atom. The highest BCUT2D eigenvalue weighted by Gasteiger charge is 2.57. The molecule has 3 rings (SSSR count). The van der Waals surface area contributed by atoms with E-state index in [1.54, 1.807) is 18.2 Å². The minimum absolute atomic E-state index is 0.116. The number of fused-ring (bicyclic) bond motifs is 2. The Morgan fingerprint density at radius 2 is 2.32 bits per heavy atom. The summed E-state index contributed by atoms with van der Waals surface area (Å²) < 4.78 is 6.49. The van der Waals surface area contributed by atoms with Gasteiger partial charge in [0.05, 0.1) is 18.3 Å². The summed E-state index contributed by atoms with van der Waals surface area (Å²) in [5, 5.41) is 20.9. The second-order valence-electron chi connectivity index (χ2n) is 5.25. The molecule has 2 aliphatic rings. The number of rotatable bonds is 2. The Bertz CT molecular complexity index is 559. The van der Waals surface area contributed by atoms with Crippen molar-refractivity contribution in [2.45, 2.75) is 37.6 Å². The third-order valence-corrected chi connectivity index (χ3v) is 5.12. The summed E-state index contributed by atoms with van der Waals surface area (Å²) in [6.45, 7) is 0. The molecule has 0 radical (unpaired) electrons. The molecule has 5 heteroatoms. The van der Waals surface area contributed by atoms with Gasteiger partial charge in [-0.15, -0.1) is 0 Å². The van der Waals surface area contributed by atoms with Crippen LogP contribution in [0, 0.1) is 16.7 Å². The molecule has 0 aliphatic carbocycles. The highest BCUT2D eigenvalue weighted by atomic mass is 79.9. The lowest BCUT2D eigenvalue weighted by atomic mass is 9.69. The molecule has 3 nitrogen and oxygen atoms in total. The number of hydrogen-bond acceptors (Lipinski definition) is 3. The molecule has 2 bridgehead atoms. The van der Waals surface area contributed by atoms with Crippen LogP contribution in [0.1, 0.15) is 30.9 Å². The highest BCUT2D eigenvalue weighted by Crippen LogP contribution is 2.54. The van der Waals surface area contributed by atoms with Gasteiger partial charge in [0.2, 0.25) is 0 Å². The first kappa shape index (κ1) is 13.4. The van der Waals surface area contributed by atoms with Crippen LogP contribution in [0.15, 0.2) is 22.7 Å². The average Bonchev–Trinajstić information content (AvgIpc) is 2.98. The van der Waals surface area contributed by atoms with Gasteiger partial charge in [0.15, 0.2) is 0 Å². The van der Waals surface area contributed by atoms with E-state index in [1.807, 2.05) is 0 Å². The van der Waals surface area contributed by atoms with E-state index >= 15 is 0 Å². The molecule has 1 aromatic rings. The summed E-state index contributed by atoms with van der Waals surface area (Å²) in [7, 11) is 0. The van der Waals surface area contributed by atoms with Crippen molar-refractivity contribution in [2.75, 3.05) is 0 Å². The second-order valence-corrected chi connectivity index (χ2v) is 6.54. The lowest BCUT2D eigenvalue weighted by molar-refractivity contribution is 0.00307. The van der Waals surface area contributed by atoms with Gasteiger partial charge in [0, 0.05) is 9.50 Å². The summed E-state index contributed by atoms with van der Waals surface area (Å²) in [6, 6.07) is 7.55. The molecule has 100 valence electrons. The molecule has 0 amide bonds. The van der Waals surface area contributed by atoms with Crippen LogP contribution < -0.4 is 0 Å². The number of aliphatic hydroxyl groups is 1. The van der Waals surface area contributed by atoms with Crippen LogP contribution in [0.4, 0.5) is 0 Å². The fourth-order valence-corrected chi connectivity index (χ4v) is 4.11. The van der Waals surface area contributed by atoms with Gasteiger partial charge in [-0.3, -0.25) is 0 Å². The molecule has 2 aliphatic heterocycles. The summed E-state index contributed by atoms with van der Waals surface area (Å²) >= 11 is 9.32. The number of ether oxygens (including phenoxy) is 1. The molecule has 0 aromatic heterocycles. The third kappa shape index (κ3) is 2.00. The predicted octanol–water partition coefficient (Wildman–Crippen LogP) is 3.60. The summed E-state index contributed by atoms with van der Waals surface area (Å²) in [5.74, 6) is 0. The number of halogens is 2. The predicted molar refractivity (Wildman–Crippen MR) is 74.7 cm³/mol. The van der Waals surface area contributed by atoms with E-state index in [9.17, 15) is 10.4 Å². The number of nitriles is 1. The van der Waals surface area contributed by atoms with Crippen LogP contribution in [-0.2, 0) is 4.74 Å². The second kappa shape index (κ2) is 4.75. The largest absolute Gasteiger partial charge is 0.387 e. The molecule has 0 saturated carbocycles. The standard InChI is InChI=1S/C14H13BrClNO2/c15-11-5-8(16)1-3-10(11)13(18)14(7-17)6-9-2-4-12(14)19-9/h1,3,5,9,12-13,18H,2,4,6H2. The van der Waals surface area contributed by atoms with Crippen molar-refractivity contribution in [3.63, 3.8) is 0 Å². The molecule has 4 atom stereocenters. The summed E-state index contributed by atoms with van der Waals surface area (Å²) in [6.07, 6.45) is 1.53. The third-order valence-electron chi connectivity index (χ3n) is 4.20. The summed E-state index contributed by atoms with van der Waals surface area (Å²) in [4.78, 5) is 0. The monoisotopic (exact) mass is 341 g/mol. The number of hydrogen-bond donors (Lipinski definition) is 1. The van der Waals surface area contributed by atoms with Crippen molar-refractivity contribution < 1.29 is 9.84 Å². The van der Waals surface area contributed by atoms with Crippen LogP contribution in [0.25, 0.3) is 0 Å². The van der Waals surface area contributed by atoms with Gasteiger partial charge in [-0.05, 0) is 37.0 Å². The number of nitrogens with zero attached hydrogens (tertiary/aromatic N) is 1. The topological polar surface area (TPSA) is 53.2 Å². The van der Waals surface area contributed by atoms with Crippen LogP contribution in [0.5, 0.6) is 0 Å². The molecule has 2 saturated heterocycles. The molecule has 0 spiro atoms. The van der Waals surface area contributed by atoms with Gasteiger partial charge in [-0.25, -0.2) is 0 Å².